The number of carbonyl (C=O) groups excluding carboxylic acids is 1. The number of rotatable bonds is 7. The number of aryl methyl sites for hydroxylation is 1. The normalized spacial score (nSPS) is 10.9. The predicted octanol–water partition coefficient (Wildman–Crippen LogP) is 4.40. The number of benzene rings is 1. The van der Waals surface area contributed by atoms with Crippen molar-refractivity contribution in [3.05, 3.63) is 64.2 Å². The summed E-state index contributed by atoms with van der Waals surface area (Å²) in [5, 5.41) is 15.9. The minimum Gasteiger partial charge on any atom is -0.507 e. The van der Waals surface area contributed by atoms with Gasteiger partial charge in [-0.2, -0.15) is 0 Å². The lowest BCUT2D eigenvalue weighted by atomic mass is 10.00. The van der Waals surface area contributed by atoms with Crippen LogP contribution in [-0.2, 0) is 6.42 Å². The van der Waals surface area contributed by atoms with Gasteiger partial charge in [-0.3, -0.25) is 9.78 Å². The number of hydrogen-bond donors (Lipinski definition) is 2. The predicted molar refractivity (Wildman–Crippen MR) is 108 cm³/mol. The van der Waals surface area contributed by atoms with Crippen molar-refractivity contribution < 1.29 is 9.90 Å². The van der Waals surface area contributed by atoms with Crippen LogP contribution in [0.4, 0.5) is 0 Å². The zero-order valence-electron chi connectivity index (χ0n) is 15.5. The highest BCUT2D eigenvalue weighted by Gasteiger charge is 2.13. The fourth-order valence-electron chi connectivity index (χ4n) is 2.71. The van der Waals surface area contributed by atoms with Crippen LogP contribution < -0.4 is 5.32 Å². The van der Waals surface area contributed by atoms with Crippen molar-refractivity contribution in [2.45, 2.75) is 32.6 Å². The van der Waals surface area contributed by atoms with Crippen LogP contribution in [0, 0.1) is 0 Å². The molecule has 2 N–H and O–H groups in total. The molecule has 0 atom stereocenters. The number of amides is 1. The van der Waals surface area contributed by atoms with Gasteiger partial charge in [0.05, 0.1) is 16.3 Å². The Morgan fingerprint density at radius 2 is 2.00 bits per heavy atom. The van der Waals surface area contributed by atoms with Gasteiger partial charge in [0.2, 0.25) is 0 Å². The molecular weight excluding hydrogens is 358 g/mol. The standard InChI is InChI=1S/C21H23N3O2S/c1-14(2)16-5-6-19(25)17(12-16)21(26)23-9-3-4-20-24-18(13-27-20)15-7-10-22-11-8-15/h5-8,10-14,25H,3-4,9H2,1-2H3,(H,23,26). The number of phenolic OH excluding ortho intramolecular Hbond substituents is 1. The molecule has 5 nitrogen and oxygen atoms in total. The lowest BCUT2D eigenvalue weighted by Gasteiger charge is -2.10. The van der Waals surface area contributed by atoms with Gasteiger partial charge in [0.1, 0.15) is 5.75 Å². The van der Waals surface area contributed by atoms with Gasteiger partial charge in [-0.05, 0) is 42.2 Å². The Morgan fingerprint density at radius 1 is 1.22 bits per heavy atom. The highest BCUT2D eigenvalue weighted by atomic mass is 32.1. The minimum atomic E-state index is -0.244. The maximum absolute atomic E-state index is 12.4. The van der Waals surface area contributed by atoms with E-state index in [4.69, 9.17) is 0 Å². The van der Waals surface area contributed by atoms with Crippen molar-refractivity contribution in [2.24, 2.45) is 0 Å². The first-order valence-electron chi connectivity index (χ1n) is 9.00. The van der Waals surface area contributed by atoms with Crippen molar-refractivity contribution in [1.82, 2.24) is 15.3 Å². The van der Waals surface area contributed by atoms with Gasteiger partial charge >= 0.3 is 0 Å². The zero-order chi connectivity index (χ0) is 19.2. The second kappa shape index (κ2) is 8.77. The van der Waals surface area contributed by atoms with Gasteiger partial charge in [-0.15, -0.1) is 11.3 Å². The fourth-order valence-corrected chi connectivity index (χ4v) is 3.56. The Bertz CT molecular complexity index is 907. The SMILES string of the molecule is CC(C)c1ccc(O)c(C(=O)NCCCc2nc(-c3ccncc3)cs2)c1. The molecule has 2 heterocycles. The van der Waals surface area contributed by atoms with Crippen molar-refractivity contribution in [2.75, 3.05) is 6.54 Å². The molecule has 0 radical (unpaired) electrons. The van der Waals surface area contributed by atoms with Crippen LogP contribution >= 0.6 is 11.3 Å². The third-order valence-corrected chi connectivity index (χ3v) is 5.22. The maximum atomic E-state index is 12.4. The summed E-state index contributed by atoms with van der Waals surface area (Å²) in [6.45, 7) is 4.65. The van der Waals surface area contributed by atoms with E-state index in [2.05, 4.69) is 29.1 Å². The minimum absolute atomic E-state index is 0.0128. The van der Waals surface area contributed by atoms with E-state index < -0.39 is 0 Å². The van der Waals surface area contributed by atoms with Crippen molar-refractivity contribution in [3.63, 3.8) is 0 Å². The first kappa shape index (κ1) is 19.0. The first-order chi connectivity index (χ1) is 13.0. The van der Waals surface area contributed by atoms with Gasteiger partial charge in [0.25, 0.3) is 5.91 Å². The molecule has 3 rings (SSSR count). The summed E-state index contributed by atoms with van der Waals surface area (Å²) in [6, 6.07) is 9.07. The van der Waals surface area contributed by atoms with E-state index in [1.807, 2.05) is 23.6 Å². The smallest absolute Gasteiger partial charge is 0.255 e. The van der Waals surface area contributed by atoms with Gasteiger partial charge < -0.3 is 10.4 Å². The largest absolute Gasteiger partial charge is 0.507 e. The average molecular weight is 382 g/mol. The number of thiazole rings is 1. The van der Waals surface area contributed by atoms with Crippen LogP contribution in [0.3, 0.4) is 0 Å². The summed E-state index contributed by atoms with van der Waals surface area (Å²) in [5.74, 6) is 0.0714. The number of phenols is 1. The number of carbonyl (C=O) groups is 1. The molecule has 0 aliphatic carbocycles. The van der Waals surface area contributed by atoms with Gasteiger partial charge in [0, 0.05) is 36.3 Å². The zero-order valence-corrected chi connectivity index (χ0v) is 16.3. The maximum Gasteiger partial charge on any atom is 0.255 e. The Kier molecular flexibility index (Phi) is 6.19. The molecule has 0 fully saturated rings. The fraction of sp³-hybridized carbons (Fsp3) is 0.286. The summed E-state index contributed by atoms with van der Waals surface area (Å²) in [7, 11) is 0. The van der Waals surface area contributed by atoms with E-state index in [0.717, 1.165) is 34.7 Å². The topological polar surface area (TPSA) is 75.1 Å². The second-order valence-corrected chi connectivity index (χ2v) is 7.60. The molecule has 2 aromatic heterocycles. The second-order valence-electron chi connectivity index (χ2n) is 6.65. The summed E-state index contributed by atoms with van der Waals surface area (Å²) in [4.78, 5) is 21.0. The third-order valence-electron chi connectivity index (χ3n) is 4.31. The van der Waals surface area contributed by atoms with E-state index in [-0.39, 0.29) is 11.7 Å². The number of aromatic hydroxyl groups is 1. The van der Waals surface area contributed by atoms with Crippen LogP contribution in [0.25, 0.3) is 11.3 Å². The number of hydrogen-bond acceptors (Lipinski definition) is 5. The first-order valence-corrected chi connectivity index (χ1v) is 9.88. The number of nitrogens with one attached hydrogen (secondary N) is 1. The van der Waals surface area contributed by atoms with Crippen LogP contribution in [0.5, 0.6) is 5.75 Å². The Morgan fingerprint density at radius 3 is 2.74 bits per heavy atom. The molecule has 0 aliphatic rings. The number of nitrogens with zero attached hydrogens (tertiary/aromatic N) is 2. The quantitative estimate of drug-likeness (QED) is 0.595. The molecule has 0 bridgehead atoms. The van der Waals surface area contributed by atoms with Crippen LogP contribution in [0.15, 0.2) is 48.1 Å². The molecule has 1 amide bonds. The molecule has 0 spiro atoms. The highest BCUT2D eigenvalue weighted by molar-refractivity contribution is 7.09. The summed E-state index contributed by atoms with van der Waals surface area (Å²) in [5.41, 5.74) is 3.37. The van der Waals surface area contributed by atoms with Gasteiger partial charge in [-0.1, -0.05) is 19.9 Å². The van der Waals surface area contributed by atoms with Crippen molar-refractivity contribution in [1.29, 1.82) is 0 Å². The van der Waals surface area contributed by atoms with Crippen LogP contribution in [0.2, 0.25) is 0 Å². The lowest BCUT2D eigenvalue weighted by molar-refractivity contribution is 0.0950. The van der Waals surface area contributed by atoms with Crippen molar-refractivity contribution >= 4 is 17.2 Å². The molecular formula is C21H23N3O2S. The molecule has 6 heteroatoms. The van der Waals surface area contributed by atoms with E-state index in [9.17, 15) is 9.90 Å². The molecule has 0 saturated heterocycles. The molecule has 140 valence electrons. The molecule has 27 heavy (non-hydrogen) atoms. The lowest BCUT2D eigenvalue weighted by Crippen LogP contribution is -2.25. The van der Waals surface area contributed by atoms with E-state index >= 15 is 0 Å². The van der Waals surface area contributed by atoms with E-state index in [0.29, 0.717) is 18.0 Å². The molecule has 0 saturated carbocycles. The summed E-state index contributed by atoms with van der Waals surface area (Å²) < 4.78 is 0. The van der Waals surface area contributed by atoms with Gasteiger partial charge in [0.15, 0.2) is 0 Å². The van der Waals surface area contributed by atoms with Crippen molar-refractivity contribution in [3.8, 4) is 17.0 Å². The van der Waals surface area contributed by atoms with Crippen LogP contribution in [0.1, 0.15) is 47.1 Å². The Labute approximate surface area is 163 Å². The summed E-state index contributed by atoms with van der Waals surface area (Å²) >= 11 is 1.62. The number of pyridine rings is 1. The summed E-state index contributed by atoms with van der Waals surface area (Å²) in [6.07, 6.45) is 5.11. The van der Waals surface area contributed by atoms with Crippen LogP contribution in [-0.4, -0.2) is 27.5 Å². The monoisotopic (exact) mass is 381 g/mol. The van der Waals surface area contributed by atoms with Gasteiger partial charge in [-0.25, -0.2) is 4.98 Å². The number of aromatic nitrogens is 2. The van der Waals surface area contributed by atoms with E-state index in [1.165, 1.54) is 0 Å². The Hall–Kier alpha value is -2.73. The molecule has 1 aromatic carbocycles. The van der Waals surface area contributed by atoms with E-state index in [1.54, 1.807) is 35.9 Å². The third kappa shape index (κ3) is 4.92. The molecule has 0 unspecified atom stereocenters. The average Bonchev–Trinajstić information content (AvgIpc) is 3.15. The molecule has 3 aromatic rings. The Balaban J connectivity index is 1.51. The molecule has 0 aliphatic heterocycles. The highest BCUT2D eigenvalue weighted by Crippen LogP contribution is 2.24.